The number of aromatic nitrogens is 1. The van der Waals surface area contributed by atoms with Gasteiger partial charge < -0.3 is 15.8 Å². The van der Waals surface area contributed by atoms with Gasteiger partial charge in [-0.3, -0.25) is 9.17 Å². The smallest absolute Gasteiger partial charge is 0.407 e. The summed E-state index contributed by atoms with van der Waals surface area (Å²) in [5.41, 5.74) is 6.91. The molecule has 27 heavy (non-hydrogen) atoms. The van der Waals surface area contributed by atoms with Crippen molar-refractivity contribution in [3.63, 3.8) is 0 Å². The van der Waals surface area contributed by atoms with Crippen LogP contribution in [-0.2, 0) is 19.0 Å². The number of pyridine rings is 1. The number of nitrogen functional groups attached to an aromatic ring is 1. The molecule has 0 radical (unpaired) electrons. The Morgan fingerprint density at radius 3 is 2.56 bits per heavy atom. The molecular weight excluding hydrogens is 370 g/mol. The molecule has 1 aromatic rings. The Bertz CT molecular complexity index is 775. The average molecular weight is 400 g/mol. The van der Waals surface area contributed by atoms with Gasteiger partial charge in [-0.2, -0.15) is 8.42 Å². The fraction of sp³-hybridized carbons (Fsp3) is 0.667. The third-order valence-electron chi connectivity index (χ3n) is 4.47. The first kappa shape index (κ1) is 21.4. The first-order valence-electron chi connectivity index (χ1n) is 8.93. The highest BCUT2D eigenvalue weighted by atomic mass is 32.2. The number of nitrogens with zero attached hydrogens (tertiary/aromatic N) is 1. The van der Waals surface area contributed by atoms with Gasteiger partial charge in [-0.05, 0) is 57.1 Å². The van der Waals surface area contributed by atoms with E-state index in [9.17, 15) is 13.2 Å². The van der Waals surface area contributed by atoms with Crippen LogP contribution in [0, 0.1) is 5.92 Å². The lowest BCUT2D eigenvalue weighted by molar-refractivity contribution is 0.0295. The minimum atomic E-state index is -3.68. The van der Waals surface area contributed by atoms with Crippen LogP contribution in [0.15, 0.2) is 18.5 Å². The molecule has 0 aliphatic heterocycles. The largest absolute Gasteiger partial charge is 0.444 e. The Morgan fingerprint density at radius 1 is 1.33 bits per heavy atom. The maximum atomic E-state index is 12.3. The lowest BCUT2D eigenvalue weighted by atomic mass is 9.74. The highest BCUT2D eigenvalue weighted by Crippen LogP contribution is 2.40. The maximum absolute atomic E-state index is 12.3. The topological polar surface area (TPSA) is 121 Å². The van der Waals surface area contributed by atoms with Gasteiger partial charge in [0.1, 0.15) is 5.60 Å². The number of anilines is 1. The molecule has 2 rings (SSSR count). The molecule has 0 bridgehead atoms. The summed E-state index contributed by atoms with van der Waals surface area (Å²) in [7, 11) is -3.68. The SMILES string of the molecule is C[C@H]1C[C@@H](c2ccncc2N)C[C@@H](NC(=O)OC(C)(C)C)[C@H]1OS(C)(=O)=O. The van der Waals surface area contributed by atoms with Crippen LogP contribution in [0.25, 0.3) is 0 Å². The number of hydrogen-bond acceptors (Lipinski definition) is 7. The molecule has 0 unspecified atom stereocenters. The Labute approximate surface area is 161 Å². The van der Waals surface area contributed by atoms with Gasteiger partial charge in [0.2, 0.25) is 0 Å². The van der Waals surface area contributed by atoms with Gasteiger partial charge in [-0.15, -0.1) is 0 Å². The molecule has 1 saturated carbocycles. The van der Waals surface area contributed by atoms with E-state index in [1.807, 2.05) is 13.0 Å². The van der Waals surface area contributed by atoms with Gasteiger partial charge >= 0.3 is 6.09 Å². The van der Waals surface area contributed by atoms with Crippen LogP contribution in [0.3, 0.4) is 0 Å². The molecule has 1 aliphatic rings. The van der Waals surface area contributed by atoms with Gasteiger partial charge in [0.05, 0.1) is 30.3 Å². The summed E-state index contributed by atoms with van der Waals surface area (Å²) in [5, 5.41) is 2.79. The average Bonchev–Trinajstić information content (AvgIpc) is 2.48. The second-order valence-electron chi connectivity index (χ2n) is 8.17. The molecular formula is C18H29N3O5S. The van der Waals surface area contributed by atoms with Crippen LogP contribution < -0.4 is 11.1 Å². The third kappa shape index (κ3) is 6.35. The van der Waals surface area contributed by atoms with E-state index in [-0.39, 0.29) is 11.8 Å². The van der Waals surface area contributed by atoms with E-state index in [1.54, 1.807) is 33.2 Å². The van der Waals surface area contributed by atoms with E-state index in [0.29, 0.717) is 18.5 Å². The van der Waals surface area contributed by atoms with Crippen LogP contribution >= 0.6 is 0 Å². The Hall–Kier alpha value is -1.87. The second-order valence-corrected chi connectivity index (χ2v) is 9.77. The van der Waals surface area contributed by atoms with Gasteiger partial charge in [0.15, 0.2) is 0 Å². The van der Waals surface area contributed by atoms with E-state index in [0.717, 1.165) is 11.8 Å². The number of rotatable bonds is 4. The zero-order chi connectivity index (χ0) is 20.4. The molecule has 0 saturated heterocycles. The maximum Gasteiger partial charge on any atom is 0.407 e. The summed E-state index contributed by atoms with van der Waals surface area (Å²) in [6.45, 7) is 7.20. The van der Waals surface area contributed by atoms with Crippen LogP contribution in [-0.4, -0.2) is 43.5 Å². The van der Waals surface area contributed by atoms with Crippen molar-refractivity contribution in [1.82, 2.24) is 10.3 Å². The minimum Gasteiger partial charge on any atom is -0.444 e. The fourth-order valence-electron chi connectivity index (χ4n) is 3.52. The van der Waals surface area contributed by atoms with Gasteiger partial charge in [-0.1, -0.05) is 6.92 Å². The summed E-state index contributed by atoms with van der Waals surface area (Å²) in [6.07, 6.45) is 4.16. The summed E-state index contributed by atoms with van der Waals surface area (Å²) in [5.74, 6) is -0.0756. The highest BCUT2D eigenvalue weighted by Gasteiger charge is 2.40. The zero-order valence-corrected chi connectivity index (χ0v) is 17.2. The Morgan fingerprint density at radius 2 is 2.00 bits per heavy atom. The van der Waals surface area contributed by atoms with E-state index in [4.69, 9.17) is 14.7 Å². The number of carbonyl (C=O) groups excluding carboxylic acids is 1. The molecule has 9 heteroatoms. The number of nitrogens with one attached hydrogen (secondary N) is 1. The van der Waals surface area contributed by atoms with Gasteiger partial charge in [0, 0.05) is 6.20 Å². The molecule has 0 aromatic carbocycles. The van der Waals surface area contributed by atoms with Crippen LogP contribution in [0.1, 0.15) is 52.0 Å². The lowest BCUT2D eigenvalue weighted by Crippen LogP contribution is -2.52. The van der Waals surface area contributed by atoms with Crippen LogP contribution in [0.4, 0.5) is 10.5 Å². The van der Waals surface area contributed by atoms with Gasteiger partial charge in [0.25, 0.3) is 10.1 Å². The minimum absolute atomic E-state index is 0.0438. The highest BCUT2D eigenvalue weighted by molar-refractivity contribution is 7.86. The molecule has 0 spiro atoms. The Kier molecular flexibility index (Phi) is 6.36. The number of carbonyl (C=O) groups is 1. The molecule has 1 heterocycles. The summed E-state index contributed by atoms with van der Waals surface area (Å²) in [4.78, 5) is 16.3. The first-order valence-corrected chi connectivity index (χ1v) is 10.7. The molecule has 1 fully saturated rings. The normalized spacial score (nSPS) is 26.4. The van der Waals surface area contributed by atoms with E-state index < -0.39 is 34.0 Å². The summed E-state index contributed by atoms with van der Waals surface area (Å²) in [6, 6.07) is 1.32. The number of amides is 1. The quantitative estimate of drug-likeness (QED) is 0.746. The fourth-order valence-corrected chi connectivity index (χ4v) is 4.25. The predicted octanol–water partition coefficient (Wildman–Crippen LogP) is 2.42. The van der Waals surface area contributed by atoms with Crippen molar-refractivity contribution in [2.75, 3.05) is 12.0 Å². The standard InChI is InChI=1S/C18H29N3O5S/c1-11-8-12(13-6-7-20-10-14(13)19)9-15(16(11)26-27(5,23)24)21-17(22)25-18(2,3)4/h6-7,10-12,15-16H,8-9,19H2,1-5H3,(H,21,22)/t11-,12+,15+,16-/m0/s1. The molecule has 1 aliphatic carbocycles. The van der Waals surface area contributed by atoms with Crippen molar-refractivity contribution in [2.45, 2.75) is 64.2 Å². The lowest BCUT2D eigenvalue weighted by Gasteiger charge is -2.40. The van der Waals surface area contributed by atoms with E-state index in [2.05, 4.69) is 10.3 Å². The zero-order valence-electron chi connectivity index (χ0n) is 16.4. The molecule has 1 aromatic heterocycles. The van der Waals surface area contributed by atoms with Crippen molar-refractivity contribution in [3.8, 4) is 0 Å². The molecule has 8 nitrogen and oxygen atoms in total. The van der Waals surface area contributed by atoms with Gasteiger partial charge in [-0.25, -0.2) is 4.79 Å². The third-order valence-corrected chi connectivity index (χ3v) is 5.04. The van der Waals surface area contributed by atoms with Crippen molar-refractivity contribution < 1.29 is 22.1 Å². The number of ether oxygens (including phenoxy) is 1. The summed E-state index contributed by atoms with van der Waals surface area (Å²) < 4.78 is 34.1. The Balaban J connectivity index is 2.26. The van der Waals surface area contributed by atoms with E-state index >= 15 is 0 Å². The van der Waals surface area contributed by atoms with Crippen LogP contribution in [0.5, 0.6) is 0 Å². The van der Waals surface area contributed by atoms with Crippen molar-refractivity contribution in [3.05, 3.63) is 24.0 Å². The molecule has 3 N–H and O–H groups in total. The van der Waals surface area contributed by atoms with Crippen LogP contribution in [0.2, 0.25) is 0 Å². The second kappa shape index (κ2) is 8.02. The monoisotopic (exact) mass is 399 g/mol. The summed E-state index contributed by atoms with van der Waals surface area (Å²) >= 11 is 0. The van der Waals surface area contributed by atoms with E-state index in [1.165, 1.54) is 0 Å². The molecule has 4 atom stereocenters. The van der Waals surface area contributed by atoms with Crippen molar-refractivity contribution in [1.29, 1.82) is 0 Å². The van der Waals surface area contributed by atoms with Crippen molar-refractivity contribution >= 4 is 21.9 Å². The number of hydrogen-bond donors (Lipinski definition) is 2. The predicted molar refractivity (Wildman–Crippen MR) is 103 cm³/mol. The molecule has 152 valence electrons. The first-order chi connectivity index (χ1) is 12.4. The number of nitrogens with two attached hydrogens (primary N) is 1. The molecule has 1 amide bonds. The van der Waals surface area contributed by atoms with Crippen molar-refractivity contribution in [2.24, 2.45) is 5.92 Å². The number of alkyl carbamates (subject to hydrolysis) is 1.